The second-order valence-electron chi connectivity index (χ2n) is 4.18. The summed E-state index contributed by atoms with van der Waals surface area (Å²) >= 11 is 6.67. The molecule has 2 aromatic rings. The normalized spacial score (nSPS) is 12.1. The van der Waals surface area contributed by atoms with E-state index in [1.54, 1.807) is 17.5 Å². The van der Waals surface area contributed by atoms with E-state index in [1.165, 1.54) is 5.56 Å². The number of aromatic nitrogens is 1. The van der Waals surface area contributed by atoms with Crippen LogP contribution in [-0.4, -0.2) is 16.0 Å². The van der Waals surface area contributed by atoms with Crippen LogP contribution in [0.25, 0.3) is 0 Å². The quantitative estimate of drug-likeness (QED) is 0.825. The van der Waals surface area contributed by atoms with E-state index in [2.05, 4.69) is 34.1 Å². The van der Waals surface area contributed by atoms with Gasteiger partial charge in [-0.1, -0.05) is 12.2 Å². The zero-order valence-corrected chi connectivity index (χ0v) is 11.7. The van der Waals surface area contributed by atoms with Gasteiger partial charge in [0.05, 0.1) is 0 Å². The van der Waals surface area contributed by atoms with E-state index in [4.69, 9.17) is 18.0 Å². The molecule has 0 aliphatic heterocycles. The van der Waals surface area contributed by atoms with E-state index in [0.29, 0.717) is 11.0 Å². The Bertz CT molecular complexity index is 523. The minimum Gasteiger partial charge on any atom is -0.389 e. The van der Waals surface area contributed by atoms with Crippen molar-refractivity contribution < 1.29 is 0 Å². The summed E-state index contributed by atoms with van der Waals surface area (Å²) in [6.07, 6.45) is 2.69. The first-order chi connectivity index (χ1) is 8.65. The molecule has 2 heterocycles. The number of nitrogens with two attached hydrogens (primary N) is 1. The van der Waals surface area contributed by atoms with Gasteiger partial charge in [-0.3, -0.25) is 0 Å². The van der Waals surface area contributed by atoms with Gasteiger partial charge >= 0.3 is 0 Å². The van der Waals surface area contributed by atoms with Gasteiger partial charge in [0.2, 0.25) is 0 Å². The molecule has 94 valence electrons. The van der Waals surface area contributed by atoms with Crippen LogP contribution in [0.5, 0.6) is 0 Å². The smallest absolute Gasteiger partial charge is 0.126 e. The van der Waals surface area contributed by atoms with Gasteiger partial charge in [0.25, 0.3) is 0 Å². The van der Waals surface area contributed by atoms with Gasteiger partial charge in [0.15, 0.2) is 0 Å². The number of rotatable bonds is 5. The van der Waals surface area contributed by atoms with E-state index in [9.17, 15) is 0 Å². The number of nitrogens with zero attached hydrogens (tertiary/aromatic N) is 1. The average molecular weight is 277 g/mol. The number of thiophene rings is 1. The Balaban J connectivity index is 2.00. The van der Waals surface area contributed by atoms with Crippen LogP contribution in [0, 0.1) is 0 Å². The van der Waals surface area contributed by atoms with Crippen molar-refractivity contribution in [3.8, 4) is 0 Å². The van der Waals surface area contributed by atoms with Gasteiger partial charge < -0.3 is 11.1 Å². The summed E-state index contributed by atoms with van der Waals surface area (Å²) in [4.78, 5) is 4.66. The van der Waals surface area contributed by atoms with E-state index < -0.39 is 0 Å². The molecular formula is C13H15N3S2. The maximum atomic E-state index is 5.60. The molecule has 1 atom stereocenters. The Labute approximate surface area is 116 Å². The minimum absolute atomic E-state index is 0.314. The molecule has 0 spiro atoms. The van der Waals surface area contributed by atoms with Crippen LogP contribution in [0.1, 0.15) is 18.1 Å². The molecule has 0 saturated heterocycles. The monoisotopic (exact) mass is 277 g/mol. The first-order valence-corrected chi connectivity index (χ1v) is 7.03. The van der Waals surface area contributed by atoms with Crippen LogP contribution in [-0.2, 0) is 6.42 Å². The summed E-state index contributed by atoms with van der Waals surface area (Å²) in [7, 11) is 0. The number of nitrogens with one attached hydrogen (secondary N) is 1. The zero-order chi connectivity index (χ0) is 13.0. The fourth-order valence-electron chi connectivity index (χ4n) is 1.73. The third-order valence-corrected chi connectivity index (χ3v) is 3.53. The molecule has 2 rings (SSSR count). The van der Waals surface area contributed by atoms with Crippen molar-refractivity contribution >= 4 is 34.4 Å². The van der Waals surface area contributed by atoms with Gasteiger partial charge in [0.1, 0.15) is 10.8 Å². The van der Waals surface area contributed by atoms with Gasteiger partial charge in [-0.2, -0.15) is 11.3 Å². The Morgan fingerprint density at radius 2 is 2.39 bits per heavy atom. The van der Waals surface area contributed by atoms with Crippen LogP contribution in [0.15, 0.2) is 35.2 Å². The van der Waals surface area contributed by atoms with E-state index in [1.807, 2.05) is 12.1 Å². The molecule has 0 radical (unpaired) electrons. The molecule has 3 nitrogen and oxygen atoms in total. The molecule has 0 aliphatic carbocycles. The highest BCUT2D eigenvalue weighted by Gasteiger charge is 2.06. The molecule has 0 amide bonds. The fourth-order valence-corrected chi connectivity index (χ4v) is 2.54. The van der Waals surface area contributed by atoms with Crippen molar-refractivity contribution in [2.24, 2.45) is 5.73 Å². The second kappa shape index (κ2) is 5.93. The lowest BCUT2D eigenvalue weighted by molar-refractivity contribution is 0.787. The predicted molar refractivity (Wildman–Crippen MR) is 81.2 cm³/mol. The molecule has 0 aromatic carbocycles. The minimum atomic E-state index is 0.314. The topological polar surface area (TPSA) is 50.9 Å². The molecule has 3 N–H and O–H groups in total. The third-order valence-electron chi connectivity index (χ3n) is 2.56. The molecule has 1 unspecified atom stereocenters. The lowest BCUT2D eigenvalue weighted by atomic mass is 10.1. The zero-order valence-electron chi connectivity index (χ0n) is 10.1. The highest BCUT2D eigenvalue weighted by molar-refractivity contribution is 7.80. The Morgan fingerprint density at radius 1 is 1.56 bits per heavy atom. The van der Waals surface area contributed by atoms with Crippen molar-refractivity contribution in [1.82, 2.24) is 4.98 Å². The van der Waals surface area contributed by atoms with Gasteiger partial charge in [-0.15, -0.1) is 0 Å². The number of pyridine rings is 1. The van der Waals surface area contributed by atoms with E-state index in [0.717, 1.165) is 17.8 Å². The highest BCUT2D eigenvalue weighted by Crippen LogP contribution is 2.12. The van der Waals surface area contributed by atoms with Crippen molar-refractivity contribution in [3.05, 3.63) is 46.3 Å². The summed E-state index contributed by atoms with van der Waals surface area (Å²) in [6.45, 7) is 2.13. The summed E-state index contributed by atoms with van der Waals surface area (Å²) in [5.41, 5.74) is 7.78. The SMILES string of the molecule is CC(Cc1ccsc1)Nc1cc(C(N)=S)ccn1. The molecule has 0 bridgehead atoms. The third kappa shape index (κ3) is 3.51. The predicted octanol–water partition coefficient (Wildman–Crippen LogP) is 2.82. The van der Waals surface area contributed by atoms with E-state index >= 15 is 0 Å². The maximum Gasteiger partial charge on any atom is 0.126 e. The van der Waals surface area contributed by atoms with Crippen LogP contribution >= 0.6 is 23.6 Å². The van der Waals surface area contributed by atoms with Gasteiger partial charge in [-0.25, -0.2) is 4.98 Å². The summed E-state index contributed by atoms with van der Waals surface area (Å²) in [6, 6.07) is 6.15. The molecule has 0 aliphatic rings. The lowest BCUT2D eigenvalue weighted by Crippen LogP contribution is -2.19. The van der Waals surface area contributed by atoms with E-state index in [-0.39, 0.29) is 0 Å². The van der Waals surface area contributed by atoms with Gasteiger partial charge in [0, 0.05) is 17.8 Å². The molecular weight excluding hydrogens is 262 g/mol. The number of anilines is 1. The van der Waals surface area contributed by atoms with Crippen molar-refractivity contribution in [2.75, 3.05) is 5.32 Å². The Kier molecular flexibility index (Phi) is 4.28. The lowest BCUT2D eigenvalue weighted by Gasteiger charge is -2.14. The first kappa shape index (κ1) is 13.0. The second-order valence-corrected chi connectivity index (χ2v) is 5.39. The van der Waals surface area contributed by atoms with Gasteiger partial charge in [-0.05, 0) is 47.9 Å². The molecule has 2 aromatic heterocycles. The number of hydrogen-bond acceptors (Lipinski definition) is 4. The average Bonchev–Trinajstić information content (AvgIpc) is 2.82. The molecule has 0 saturated carbocycles. The largest absolute Gasteiger partial charge is 0.389 e. The number of thiocarbonyl (C=S) groups is 1. The maximum absolute atomic E-state index is 5.60. The molecule has 0 fully saturated rings. The molecule has 18 heavy (non-hydrogen) atoms. The standard InChI is InChI=1S/C13H15N3S2/c1-9(6-10-3-5-18-8-10)16-12-7-11(13(14)17)2-4-15-12/h2-5,7-9H,6H2,1H3,(H2,14,17)(H,15,16). The van der Waals surface area contributed by atoms with Crippen LogP contribution in [0.4, 0.5) is 5.82 Å². The molecule has 5 heteroatoms. The fraction of sp³-hybridized carbons (Fsp3) is 0.231. The van der Waals surface area contributed by atoms with Crippen molar-refractivity contribution in [2.45, 2.75) is 19.4 Å². The summed E-state index contributed by atoms with van der Waals surface area (Å²) < 4.78 is 0. The van der Waals surface area contributed by atoms with Crippen LogP contribution in [0.3, 0.4) is 0 Å². The summed E-state index contributed by atoms with van der Waals surface area (Å²) in [5, 5.41) is 7.61. The van der Waals surface area contributed by atoms with Crippen molar-refractivity contribution in [3.63, 3.8) is 0 Å². The Morgan fingerprint density at radius 3 is 3.06 bits per heavy atom. The highest BCUT2D eigenvalue weighted by atomic mass is 32.1. The summed E-state index contributed by atoms with van der Waals surface area (Å²) in [5.74, 6) is 0.808. The van der Waals surface area contributed by atoms with Crippen LogP contribution < -0.4 is 11.1 Å². The first-order valence-electron chi connectivity index (χ1n) is 5.68. The number of hydrogen-bond donors (Lipinski definition) is 2. The Hall–Kier alpha value is -1.46. The van der Waals surface area contributed by atoms with Crippen LogP contribution in [0.2, 0.25) is 0 Å². The van der Waals surface area contributed by atoms with Crippen molar-refractivity contribution in [1.29, 1.82) is 0 Å².